The molecule has 1 aromatic carbocycles. The van der Waals surface area contributed by atoms with Crippen molar-refractivity contribution in [1.82, 2.24) is 9.55 Å². The Morgan fingerprint density at radius 2 is 2.00 bits per heavy atom. The summed E-state index contributed by atoms with van der Waals surface area (Å²) in [6.07, 6.45) is 6.39. The van der Waals surface area contributed by atoms with Crippen molar-refractivity contribution in [3.05, 3.63) is 41.5 Å². The Bertz CT molecular complexity index is 585. The molecule has 18 heavy (non-hydrogen) atoms. The quantitative estimate of drug-likeness (QED) is 0.727. The van der Waals surface area contributed by atoms with E-state index in [0.29, 0.717) is 12.6 Å². The van der Waals surface area contributed by atoms with Crippen LogP contribution in [0.2, 0.25) is 0 Å². The second kappa shape index (κ2) is 4.81. The fourth-order valence-electron chi connectivity index (χ4n) is 2.99. The van der Waals surface area contributed by atoms with Gasteiger partial charge in [0.15, 0.2) is 0 Å². The third-order valence-electron chi connectivity index (χ3n) is 3.87. The molecule has 0 radical (unpaired) electrons. The lowest BCUT2D eigenvalue weighted by molar-refractivity contribution is 0.420. The normalized spacial score (nSPS) is 16.8. The second-order valence-corrected chi connectivity index (χ2v) is 5.02. The van der Waals surface area contributed by atoms with Crippen molar-refractivity contribution in [3.8, 4) is 0 Å². The van der Waals surface area contributed by atoms with Crippen LogP contribution in [0.4, 0.5) is 0 Å². The van der Waals surface area contributed by atoms with Gasteiger partial charge >= 0.3 is 0 Å². The Kier molecular flexibility index (Phi) is 3.02. The first kappa shape index (κ1) is 11.3. The van der Waals surface area contributed by atoms with Crippen molar-refractivity contribution >= 4 is 11.0 Å². The zero-order valence-electron chi connectivity index (χ0n) is 10.5. The average Bonchev–Trinajstić information content (AvgIpc) is 2.80. The lowest BCUT2D eigenvalue weighted by Gasteiger charge is -2.20. The lowest BCUT2D eigenvalue weighted by atomic mass is 9.89. The van der Waals surface area contributed by atoms with E-state index in [4.69, 9.17) is 11.6 Å². The molecule has 1 aromatic heterocycles. The van der Waals surface area contributed by atoms with Crippen LogP contribution in [0.1, 0.15) is 43.8 Å². The van der Waals surface area contributed by atoms with Gasteiger partial charge in [0.05, 0.1) is 11.0 Å². The van der Waals surface area contributed by atoms with E-state index in [2.05, 4.69) is 15.5 Å². The number of rotatable bonds is 2. The first-order valence-electron chi connectivity index (χ1n) is 6.68. The van der Waals surface area contributed by atoms with Crippen molar-refractivity contribution in [2.24, 2.45) is 0 Å². The van der Waals surface area contributed by atoms with E-state index in [1.165, 1.54) is 32.1 Å². The summed E-state index contributed by atoms with van der Waals surface area (Å²) in [5, 5.41) is 0. The smallest absolute Gasteiger partial charge is 0.293 e. The fourth-order valence-corrected chi connectivity index (χ4v) is 2.99. The summed E-state index contributed by atoms with van der Waals surface area (Å²) in [4.78, 5) is 8.33. The Hall–Kier alpha value is -1.82. The van der Waals surface area contributed by atoms with Crippen molar-refractivity contribution in [2.75, 3.05) is 0 Å². The Morgan fingerprint density at radius 1 is 1.22 bits per heavy atom. The maximum Gasteiger partial charge on any atom is 0.294 e. The number of imidazole rings is 1. The molecule has 0 amide bonds. The van der Waals surface area contributed by atoms with Crippen LogP contribution < -0.4 is 0 Å². The highest BCUT2D eigenvalue weighted by Gasteiger charge is 2.22. The van der Waals surface area contributed by atoms with Crippen LogP contribution in [0.15, 0.2) is 24.3 Å². The highest BCUT2D eigenvalue weighted by atomic mass is 15.1. The van der Waals surface area contributed by atoms with Gasteiger partial charge in [0.25, 0.3) is 6.67 Å². The third-order valence-corrected chi connectivity index (χ3v) is 3.87. The van der Waals surface area contributed by atoms with Crippen molar-refractivity contribution < 1.29 is 0 Å². The summed E-state index contributed by atoms with van der Waals surface area (Å²) in [6.45, 7) is 7.54. The summed E-state index contributed by atoms with van der Waals surface area (Å²) in [7, 11) is 0. The zero-order valence-corrected chi connectivity index (χ0v) is 10.5. The van der Waals surface area contributed by atoms with Gasteiger partial charge in [0.2, 0.25) is 0 Å². The molecule has 1 aliphatic carbocycles. The van der Waals surface area contributed by atoms with Crippen LogP contribution >= 0.6 is 0 Å². The van der Waals surface area contributed by atoms with E-state index in [1.54, 1.807) is 0 Å². The van der Waals surface area contributed by atoms with E-state index in [0.717, 1.165) is 16.9 Å². The molecule has 2 aromatic rings. The summed E-state index contributed by atoms with van der Waals surface area (Å²) >= 11 is 0. The lowest BCUT2D eigenvalue weighted by Crippen LogP contribution is -2.11. The molecule has 0 spiro atoms. The molecule has 0 aliphatic heterocycles. The number of benzene rings is 1. The van der Waals surface area contributed by atoms with E-state index in [9.17, 15) is 0 Å². The number of hydrogen-bond donors (Lipinski definition) is 0. The van der Waals surface area contributed by atoms with E-state index >= 15 is 0 Å². The molecular formula is C15H17N3. The standard InChI is InChI=1S/C15H17N3/c1-16-11-18-14-10-6-5-9-13(14)17-15(18)12-7-3-2-4-8-12/h5-6,9-10,12H,2-4,7-8,11H2. The molecule has 0 unspecified atom stereocenters. The van der Waals surface area contributed by atoms with Crippen LogP contribution in [0, 0.1) is 6.57 Å². The van der Waals surface area contributed by atoms with Crippen molar-refractivity contribution in [3.63, 3.8) is 0 Å². The maximum atomic E-state index is 7.14. The topological polar surface area (TPSA) is 22.2 Å². The Balaban J connectivity index is 2.09. The van der Waals surface area contributed by atoms with Crippen LogP contribution in [0.5, 0.6) is 0 Å². The largest absolute Gasteiger partial charge is 0.294 e. The molecule has 0 saturated heterocycles. The van der Waals surface area contributed by atoms with Gasteiger partial charge in [-0.3, -0.25) is 9.41 Å². The monoisotopic (exact) mass is 239 g/mol. The molecule has 3 heteroatoms. The summed E-state index contributed by atoms with van der Waals surface area (Å²) in [5.74, 6) is 1.68. The Labute approximate surface area is 107 Å². The SMILES string of the molecule is [C-]#[N+]Cn1c(C2CCCCC2)nc2ccccc21. The minimum absolute atomic E-state index is 0.395. The van der Waals surface area contributed by atoms with Gasteiger partial charge in [0, 0.05) is 5.92 Å². The number of fused-ring (bicyclic) bond motifs is 1. The predicted molar refractivity (Wildman–Crippen MR) is 72.2 cm³/mol. The van der Waals surface area contributed by atoms with Gasteiger partial charge in [-0.1, -0.05) is 31.4 Å². The van der Waals surface area contributed by atoms with Gasteiger partial charge in [0.1, 0.15) is 5.82 Å². The molecule has 3 rings (SSSR count). The van der Waals surface area contributed by atoms with Crippen LogP contribution in [0.3, 0.4) is 0 Å². The highest BCUT2D eigenvalue weighted by molar-refractivity contribution is 5.76. The molecular weight excluding hydrogens is 222 g/mol. The van der Waals surface area contributed by atoms with Gasteiger partial charge in [-0.15, -0.1) is 0 Å². The predicted octanol–water partition coefficient (Wildman–Crippen LogP) is 3.96. The van der Waals surface area contributed by atoms with Gasteiger partial charge in [-0.2, -0.15) is 0 Å². The number of hydrogen-bond acceptors (Lipinski definition) is 1. The zero-order chi connectivity index (χ0) is 12.4. The van der Waals surface area contributed by atoms with Crippen molar-refractivity contribution in [1.29, 1.82) is 0 Å². The minimum Gasteiger partial charge on any atom is -0.293 e. The number of aromatic nitrogens is 2. The molecule has 92 valence electrons. The Morgan fingerprint density at radius 3 is 2.78 bits per heavy atom. The van der Waals surface area contributed by atoms with Gasteiger partial charge in [-0.05, 0) is 25.0 Å². The second-order valence-electron chi connectivity index (χ2n) is 5.02. The molecule has 1 heterocycles. The molecule has 1 saturated carbocycles. The van der Waals surface area contributed by atoms with Gasteiger partial charge in [-0.25, -0.2) is 11.6 Å². The highest BCUT2D eigenvalue weighted by Crippen LogP contribution is 2.33. The van der Waals surface area contributed by atoms with E-state index in [1.807, 2.05) is 18.2 Å². The molecule has 0 N–H and O–H groups in total. The summed E-state index contributed by atoms with van der Waals surface area (Å²) in [5.41, 5.74) is 2.13. The number of nitrogens with zero attached hydrogens (tertiary/aromatic N) is 3. The maximum absolute atomic E-state index is 7.14. The average molecular weight is 239 g/mol. The fraction of sp³-hybridized carbons (Fsp3) is 0.467. The molecule has 1 fully saturated rings. The summed E-state index contributed by atoms with van der Waals surface area (Å²) < 4.78 is 2.11. The summed E-state index contributed by atoms with van der Waals surface area (Å²) in [6, 6.07) is 8.15. The number of para-hydroxylation sites is 2. The van der Waals surface area contributed by atoms with Crippen LogP contribution in [-0.4, -0.2) is 9.55 Å². The third kappa shape index (κ3) is 1.88. The molecule has 1 aliphatic rings. The first-order chi connectivity index (χ1) is 8.90. The molecule has 0 bridgehead atoms. The van der Waals surface area contributed by atoms with E-state index < -0.39 is 0 Å². The van der Waals surface area contributed by atoms with E-state index in [-0.39, 0.29) is 0 Å². The van der Waals surface area contributed by atoms with Crippen LogP contribution in [0.25, 0.3) is 15.9 Å². The van der Waals surface area contributed by atoms with Crippen molar-refractivity contribution in [2.45, 2.75) is 44.7 Å². The van der Waals surface area contributed by atoms with Gasteiger partial charge < -0.3 is 0 Å². The molecule has 0 atom stereocenters. The van der Waals surface area contributed by atoms with Crippen LogP contribution in [-0.2, 0) is 6.67 Å². The molecule has 3 nitrogen and oxygen atoms in total. The first-order valence-corrected chi connectivity index (χ1v) is 6.68. The minimum atomic E-state index is 0.395.